The average molecular weight is 200 g/mol. The zero-order chi connectivity index (χ0) is 10.7. The number of hydrogen-bond acceptors (Lipinski definition) is 2. The van der Waals surface area contributed by atoms with Crippen molar-refractivity contribution >= 4 is 0 Å². The second kappa shape index (κ2) is 4.28. The molecule has 15 heavy (non-hydrogen) atoms. The fraction of sp³-hybridized carbons (Fsp3) is 0.250. The summed E-state index contributed by atoms with van der Waals surface area (Å²) in [5.41, 5.74) is 2.40. The van der Waals surface area contributed by atoms with Gasteiger partial charge in [-0.2, -0.15) is 0 Å². The zero-order valence-electron chi connectivity index (χ0n) is 9.01. The van der Waals surface area contributed by atoms with Crippen LogP contribution in [0.3, 0.4) is 0 Å². The molecule has 0 N–H and O–H groups in total. The van der Waals surface area contributed by atoms with E-state index in [9.17, 15) is 0 Å². The van der Waals surface area contributed by atoms with Crippen LogP contribution in [-0.4, -0.2) is 28.5 Å². The van der Waals surface area contributed by atoms with Crippen LogP contribution in [0.2, 0.25) is 0 Å². The van der Waals surface area contributed by atoms with Crippen LogP contribution in [0.4, 0.5) is 0 Å². The van der Waals surface area contributed by atoms with E-state index in [2.05, 4.69) is 54.6 Å². The number of hydrogen-bond donors (Lipinski definition) is 0. The summed E-state index contributed by atoms with van der Waals surface area (Å²) >= 11 is 0. The highest BCUT2D eigenvalue weighted by Gasteiger charge is 1.97. The zero-order valence-corrected chi connectivity index (χ0v) is 9.01. The highest BCUT2D eigenvalue weighted by Crippen LogP contribution is 2.09. The molecule has 0 aliphatic heterocycles. The standard InChI is InChI=1S/C12H14N3/c1-14(2)9-11-3-5-12(6-4-11)15-8-7-13-10-15/h3-8H,9H2,1-2H3. The number of imidazole rings is 1. The molecular weight excluding hydrogens is 186 g/mol. The van der Waals surface area contributed by atoms with Gasteiger partial charge in [0.15, 0.2) is 6.33 Å². The fourth-order valence-corrected chi connectivity index (χ4v) is 1.50. The molecule has 1 radical (unpaired) electrons. The predicted octanol–water partition coefficient (Wildman–Crippen LogP) is 1.73. The van der Waals surface area contributed by atoms with Gasteiger partial charge in [-0.15, -0.1) is 0 Å². The van der Waals surface area contributed by atoms with E-state index < -0.39 is 0 Å². The minimum absolute atomic E-state index is 0.966. The lowest BCUT2D eigenvalue weighted by Crippen LogP contribution is -2.10. The summed E-state index contributed by atoms with van der Waals surface area (Å²) in [6, 6.07) is 8.42. The Morgan fingerprint density at radius 3 is 2.53 bits per heavy atom. The number of benzene rings is 1. The Balaban J connectivity index is 2.17. The molecule has 1 aromatic heterocycles. The lowest BCUT2D eigenvalue weighted by molar-refractivity contribution is 0.402. The van der Waals surface area contributed by atoms with Crippen LogP contribution in [0.5, 0.6) is 0 Å². The van der Waals surface area contributed by atoms with E-state index in [4.69, 9.17) is 0 Å². The largest absolute Gasteiger partial charge is 0.305 e. The van der Waals surface area contributed by atoms with Gasteiger partial charge in [-0.25, -0.2) is 4.98 Å². The first kappa shape index (κ1) is 9.93. The summed E-state index contributed by atoms with van der Waals surface area (Å²) in [5, 5.41) is 0. The minimum atomic E-state index is 0.966. The first-order valence-corrected chi connectivity index (χ1v) is 4.91. The van der Waals surface area contributed by atoms with Crippen molar-refractivity contribution in [2.45, 2.75) is 6.54 Å². The number of nitrogens with zero attached hydrogens (tertiary/aromatic N) is 3. The van der Waals surface area contributed by atoms with E-state index in [1.807, 2.05) is 10.8 Å². The molecule has 0 saturated carbocycles. The molecule has 0 amide bonds. The van der Waals surface area contributed by atoms with Crippen LogP contribution in [0.25, 0.3) is 5.69 Å². The van der Waals surface area contributed by atoms with Crippen LogP contribution in [0.15, 0.2) is 36.7 Å². The van der Waals surface area contributed by atoms with Crippen molar-refractivity contribution in [3.8, 4) is 5.69 Å². The van der Waals surface area contributed by atoms with Gasteiger partial charge in [-0.05, 0) is 31.8 Å². The maximum Gasteiger partial charge on any atom is 0.181 e. The monoisotopic (exact) mass is 200 g/mol. The molecular formula is C12H14N3. The Morgan fingerprint density at radius 1 is 1.27 bits per heavy atom. The Hall–Kier alpha value is -1.61. The molecule has 3 heteroatoms. The normalized spacial score (nSPS) is 10.9. The van der Waals surface area contributed by atoms with Gasteiger partial charge in [0.25, 0.3) is 0 Å². The third kappa shape index (κ3) is 2.44. The van der Waals surface area contributed by atoms with Gasteiger partial charge < -0.3 is 4.90 Å². The summed E-state index contributed by atoms with van der Waals surface area (Å²) in [6.07, 6.45) is 6.49. The summed E-state index contributed by atoms with van der Waals surface area (Å²) in [5.74, 6) is 0. The molecule has 0 bridgehead atoms. The van der Waals surface area contributed by atoms with Crippen molar-refractivity contribution in [1.82, 2.24) is 14.5 Å². The van der Waals surface area contributed by atoms with Gasteiger partial charge in [0.1, 0.15) is 0 Å². The highest BCUT2D eigenvalue weighted by molar-refractivity contribution is 5.34. The second-order valence-corrected chi connectivity index (χ2v) is 3.80. The van der Waals surface area contributed by atoms with Crippen LogP contribution < -0.4 is 0 Å². The third-order valence-electron chi connectivity index (χ3n) is 2.17. The summed E-state index contributed by atoms with van der Waals surface area (Å²) in [7, 11) is 4.13. The smallest absolute Gasteiger partial charge is 0.181 e. The average Bonchev–Trinajstić information content (AvgIpc) is 2.71. The molecule has 1 heterocycles. The molecule has 3 nitrogen and oxygen atoms in total. The first-order valence-electron chi connectivity index (χ1n) is 4.91. The third-order valence-corrected chi connectivity index (χ3v) is 2.17. The molecule has 2 rings (SSSR count). The summed E-state index contributed by atoms with van der Waals surface area (Å²) in [6.45, 7) is 0.966. The van der Waals surface area contributed by atoms with Crippen LogP contribution in [0, 0.1) is 6.33 Å². The highest BCUT2D eigenvalue weighted by atomic mass is 15.0. The van der Waals surface area contributed by atoms with Gasteiger partial charge in [-0.3, -0.25) is 4.57 Å². The second-order valence-electron chi connectivity index (χ2n) is 3.80. The van der Waals surface area contributed by atoms with Crippen molar-refractivity contribution in [3.63, 3.8) is 0 Å². The van der Waals surface area contributed by atoms with Gasteiger partial charge in [0.05, 0.1) is 0 Å². The van der Waals surface area contributed by atoms with Crippen LogP contribution in [-0.2, 0) is 6.54 Å². The van der Waals surface area contributed by atoms with E-state index in [-0.39, 0.29) is 0 Å². The molecule has 0 spiro atoms. The Morgan fingerprint density at radius 2 is 2.00 bits per heavy atom. The Kier molecular flexibility index (Phi) is 2.83. The predicted molar refractivity (Wildman–Crippen MR) is 59.8 cm³/mol. The molecule has 0 unspecified atom stereocenters. The van der Waals surface area contributed by atoms with Crippen molar-refractivity contribution in [1.29, 1.82) is 0 Å². The summed E-state index contributed by atoms with van der Waals surface area (Å²) in [4.78, 5) is 6.05. The van der Waals surface area contributed by atoms with E-state index in [0.717, 1.165) is 12.2 Å². The first-order chi connectivity index (χ1) is 7.25. The number of aromatic nitrogens is 2. The minimum Gasteiger partial charge on any atom is -0.305 e. The molecule has 0 atom stereocenters. The number of rotatable bonds is 3. The van der Waals surface area contributed by atoms with E-state index >= 15 is 0 Å². The molecule has 0 aliphatic rings. The van der Waals surface area contributed by atoms with Crippen molar-refractivity contribution in [3.05, 3.63) is 48.5 Å². The lowest BCUT2D eigenvalue weighted by Gasteiger charge is -2.10. The van der Waals surface area contributed by atoms with Crippen LogP contribution >= 0.6 is 0 Å². The molecule has 1 aromatic carbocycles. The maximum atomic E-state index is 3.90. The van der Waals surface area contributed by atoms with Crippen molar-refractivity contribution < 1.29 is 0 Å². The molecule has 0 fully saturated rings. The maximum absolute atomic E-state index is 3.90. The van der Waals surface area contributed by atoms with E-state index in [1.54, 1.807) is 6.20 Å². The Labute approximate surface area is 90.0 Å². The SMILES string of the molecule is CN(C)Cc1ccc(-n2[c]ncc2)cc1. The topological polar surface area (TPSA) is 21.1 Å². The van der Waals surface area contributed by atoms with E-state index in [0.29, 0.717) is 0 Å². The van der Waals surface area contributed by atoms with Crippen molar-refractivity contribution in [2.24, 2.45) is 0 Å². The Bertz CT molecular complexity index is 401. The van der Waals surface area contributed by atoms with Gasteiger partial charge in [0.2, 0.25) is 0 Å². The van der Waals surface area contributed by atoms with Gasteiger partial charge >= 0.3 is 0 Å². The van der Waals surface area contributed by atoms with Gasteiger partial charge in [-0.1, -0.05) is 12.1 Å². The van der Waals surface area contributed by atoms with Crippen LogP contribution in [0.1, 0.15) is 5.56 Å². The lowest BCUT2D eigenvalue weighted by atomic mass is 10.2. The van der Waals surface area contributed by atoms with E-state index in [1.165, 1.54) is 5.56 Å². The molecule has 77 valence electrons. The molecule has 0 aliphatic carbocycles. The van der Waals surface area contributed by atoms with Crippen molar-refractivity contribution in [2.75, 3.05) is 14.1 Å². The van der Waals surface area contributed by atoms with Gasteiger partial charge in [0, 0.05) is 24.6 Å². The molecule has 0 saturated heterocycles. The molecule has 2 aromatic rings. The quantitative estimate of drug-likeness (QED) is 0.752. The summed E-state index contributed by atoms with van der Waals surface area (Å²) < 4.78 is 1.87. The fourth-order valence-electron chi connectivity index (χ4n) is 1.50.